The van der Waals surface area contributed by atoms with Gasteiger partial charge in [0.05, 0.1) is 18.7 Å². The standard InChI is InChI=1S/C11H13ClF2N2O2/c12-7-1-2-9(15)8(5-7)11(18)16(3-4-17)6-10(13)14/h1-2,5,10,17H,3-4,6,15H2. The molecule has 0 atom stereocenters. The molecule has 0 radical (unpaired) electrons. The van der Waals surface area contributed by atoms with Crippen LogP contribution in [0.4, 0.5) is 14.5 Å². The summed E-state index contributed by atoms with van der Waals surface area (Å²) in [6.07, 6.45) is -2.68. The molecular weight excluding hydrogens is 266 g/mol. The number of rotatable bonds is 5. The molecule has 1 rings (SSSR count). The van der Waals surface area contributed by atoms with Crippen molar-refractivity contribution in [2.75, 3.05) is 25.4 Å². The van der Waals surface area contributed by atoms with Crippen LogP contribution in [0.25, 0.3) is 0 Å². The number of anilines is 1. The van der Waals surface area contributed by atoms with E-state index in [1.54, 1.807) is 0 Å². The molecule has 0 heterocycles. The van der Waals surface area contributed by atoms with Gasteiger partial charge in [-0.25, -0.2) is 8.78 Å². The van der Waals surface area contributed by atoms with Gasteiger partial charge in [-0.05, 0) is 18.2 Å². The fourth-order valence-corrected chi connectivity index (χ4v) is 1.62. The number of nitrogens with two attached hydrogens (primary N) is 1. The maximum Gasteiger partial charge on any atom is 0.256 e. The highest BCUT2D eigenvalue weighted by Crippen LogP contribution is 2.20. The quantitative estimate of drug-likeness (QED) is 0.805. The summed E-state index contributed by atoms with van der Waals surface area (Å²) in [4.78, 5) is 12.8. The molecule has 0 saturated heterocycles. The molecular formula is C11H13ClF2N2O2. The highest BCUT2D eigenvalue weighted by Gasteiger charge is 2.21. The average molecular weight is 279 g/mol. The first-order valence-electron chi connectivity index (χ1n) is 5.19. The molecule has 0 aliphatic rings. The van der Waals surface area contributed by atoms with Crippen LogP contribution in [0.15, 0.2) is 18.2 Å². The van der Waals surface area contributed by atoms with Crippen molar-refractivity contribution in [1.29, 1.82) is 0 Å². The summed E-state index contributed by atoms with van der Waals surface area (Å²) in [5.74, 6) is -0.677. The maximum atomic E-state index is 12.3. The summed E-state index contributed by atoms with van der Waals surface area (Å²) in [7, 11) is 0. The third-order valence-corrected chi connectivity index (χ3v) is 2.50. The number of aliphatic hydroxyl groups excluding tert-OH is 1. The van der Waals surface area contributed by atoms with Crippen molar-refractivity contribution in [3.8, 4) is 0 Å². The van der Waals surface area contributed by atoms with Crippen LogP contribution in [0.2, 0.25) is 5.02 Å². The molecule has 0 bridgehead atoms. The Balaban J connectivity index is 2.97. The summed E-state index contributed by atoms with van der Waals surface area (Å²) in [6, 6.07) is 4.24. The number of halogens is 3. The lowest BCUT2D eigenvalue weighted by atomic mass is 10.1. The van der Waals surface area contributed by atoms with Gasteiger partial charge in [-0.1, -0.05) is 11.6 Å². The average Bonchev–Trinajstić information content (AvgIpc) is 2.30. The first-order valence-corrected chi connectivity index (χ1v) is 5.56. The number of alkyl halides is 2. The van der Waals surface area contributed by atoms with Crippen LogP contribution < -0.4 is 5.73 Å². The molecule has 1 aromatic carbocycles. The summed E-state index contributed by atoms with van der Waals surface area (Å²) < 4.78 is 24.7. The molecule has 4 nitrogen and oxygen atoms in total. The molecule has 3 N–H and O–H groups in total. The largest absolute Gasteiger partial charge is 0.398 e. The number of hydrogen-bond acceptors (Lipinski definition) is 3. The number of aliphatic hydroxyl groups is 1. The maximum absolute atomic E-state index is 12.3. The van der Waals surface area contributed by atoms with E-state index in [0.717, 1.165) is 4.90 Å². The van der Waals surface area contributed by atoms with Gasteiger partial charge in [-0.15, -0.1) is 0 Å². The minimum atomic E-state index is -2.68. The van der Waals surface area contributed by atoms with Gasteiger partial charge < -0.3 is 15.7 Å². The minimum absolute atomic E-state index is 0.0524. The van der Waals surface area contributed by atoms with E-state index in [9.17, 15) is 13.6 Å². The van der Waals surface area contributed by atoms with Crippen LogP contribution >= 0.6 is 11.6 Å². The number of nitrogen functional groups attached to an aromatic ring is 1. The van der Waals surface area contributed by atoms with E-state index in [-0.39, 0.29) is 22.8 Å². The molecule has 0 spiro atoms. The van der Waals surface area contributed by atoms with Crippen molar-refractivity contribution in [1.82, 2.24) is 4.90 Å². The van der Waals surface area contributed by atoms with Crippen molar-refractivity contribution in [3.05, 3.63) is 28.8 Å². The third-order valence-electron chi connectivity index (χ3n) is 2.26. The second-order valence-electron chi connectivity index (χ2n) is 3.60. The Kier molecular flexibility index (Phi) is 5.30. The second-order valence-corrected chi connectivity index (χ2v) is 4.03. The van der Waals surface area contributed by atoms with Crippen molar-refractivity contribution in [2.24, 2.45) is 0 Å². The molecule has 0 aliphatic carbocycles. The molecule has 7 heteroatoms. The minimum Gasteiger partial charge on any atom is -0.398 e. The monoisotopic (exact) mass is 278 g/mol. The molecule has 0 fully saturated rings. The number of benzene rings is 1. The van der Waals surface area contributed by atoms with Crippen LogP contribution in [0.5, 0.6) is 0 Å². The molecule has 100 valence electrons. The number of carbonyl (C=O) groups excluding carboxylic acids is 1. The van der Waals surface area contributed by atoms with Crippen molar-refractivity contribution in [3.63, 3.8) is 0 Å². The Hall–Kier alpha value is -1.40. The zero-order chi connectivity index (χ0) is 13.7. The fraction of sp³-hybridized carbons (Fsp3) is 0.364. The number of amides is 1. The SMILES string of the molecule is Nc1ccc(Cl)cc1C(=O)N(CCO)CC(F)F. The third kappa shape index (κ3) is 3.82. The Bertz CT molecular complexity index is 430. The van der Waals surface area contributed by atoms with Gasteiger partial charge in [-0.3, -0.25) is 4.79 Å². The van der Waals surface area contributed by atoms with E-state index >= 15 is 0 Å². The summed E-state index contributed by atoms with van der Waals surface area (Å²) in [5.41, 5.74) is 5.81. The van der Waals surface area contributed by atoms with Gasteiger partial charge in [0.25, 0.3) is 12.3 Å². The van der Waals surface area contributed by atoms with Gasteiger partial charge in [0.15, 0.2) is 0 Å². The van der Waals surface area contributed by atoms with Crippen LogP contribution in [0, 0.1) is 0 Å². The Labute approximate surface area is 108 Å². The summed E-state index contributed by atoms with van der Waals surface area (Å²) >= 11 is 5.72. The van der Waals surface area contributed by atoms with Crippen molar-refractivity contribution >= 4 is 23.2 Å². The number of hydrogen-bond donors (Lipinski definition) is 2. The molecule has 1 amide bonds. The van der Waals surface area contributed by atoms with Crippen LogP contribution in [-0.4, -0.2) is 42.0 Å². The normalized spacial score (nSPS) is 10.7. The molecule has 0 aromatic heterocycles. The van der Waals surface area contributed by atoms with E-state index in [2.05, 4.69) is 0 Å². The number of carbonyl (C=O) groups is 1. The van der Waals surface area contributed by atoms with Crippen molar-refractivity contribution in [2.45, 2.75) is 6.43 Å². The second kappa shape index (κ2) is 6.51. The van der Waals surface area contributed by atoms with Gasteiger partial charge in [-0.2, -0.15) is 0 Å². The Morgan fingerprint density at radius 2 is 2.17 bits per heavy atom. The first-order chi connectivity index (χ1) is 8.45. The fourth-order valence-electron chi connectivity index (χ4n) is 1.45. The summed E-state index contributed by atoms with van der Waals surface area (Å²) in [6.45, 7) is -1.35. The zero-order valence-corrected chi connectivity index (χ0v) is 10.2. The molecule has 0 unspecified atom stereocenters. The van der Waals surface area contributed by atoms with Gasteiger partial charge in [0, 0.05) is 17.3 Å². The van der Waals surface area contributed by atoms with E-state index in [1.165, 1.54) is 18.2 Å². The molecule has 0 saturated carbocycles. The Morgan fingerprint density at radius 1 is 1.50 bits per heavy atom. The Morgan fingerprint density at radius 3 is 2.72 bits per heavy atom. The predicted molar refractivity (Wildman–Crippen MR) is 64.9 cm³/mol. The lowest BCUT2D eigenvalue weighted by Crippen LogP contribution is -2.37. The van der Waals surface area contributed by atoms with E-state index in [4.69, 9.17) is 22.4 Å². The highest BCUT2D eigenvalue weighted by atomic mass is 35.5. The topological polar surface area (TPSA) is 66.6 Å². The van der Waals surface area contributed by atoms with Gasteiger partial charge in [0.1, 0.15) is 0 Å². The van der Waals surface area contributed by atoms with E-state index < -0.39 is 25.5 Å². The molecule has 0 aliphatic heterocycles. The first kappa shape index (κ1) is 14.7. The van der Waals surface area contributed by atoms with Crippen molar-refractivity contribution < 1.29 is 18.7 Å². The van der Waals surface area contributed by atoms with E-state index in [0.29, 0.717) is 0 Å². The van der Waals surface area contributed by atoms with Crippen LogP contribution in [-0.2, 0) is 0 Å². The van der Waals surface area contributed by atoms with Gasteiger partial charge in [0.2, 0.25) is 0 Å². The number of nitrogens with zero attached hydrogens (tertiary/aromatic N) is 1. The van der Waals surface area contributed by atoms with Crippen LogP contribution in [0.3, 0.4) is 0 Å². The molecule has 1 aromatic rings. The lowest BCUT2D eigenvalue weighted by molar-refractivity contribution is 0.0510. The zero-order valence-electron chi connectivity index (χ0n) is 9.44. The highest BCUT2D eigenvalue weighted by molar-refractivity contribution is 6.31. The van der Waals surface area contributed by atoms with E-state index in [1.807, 2.05) is 0 Å². The lowest BCUT2D eigenvalue weighted by Gasteiger charge is -2.22. The van der Waals surface area contributed by atoms with Crippen LogP contribution in [0.1, 0.15) is 10.4 Å². The molecule has 18 heavy (non-hydrogen) atoms. The summed E-state index contributed by atoms with van der Waals surface area (Å²) in [5, 5.41) is 9.06. The smallest absolute Gasteiger partial charge is 0.256 e. The predicted octanol–water partition coefficient (Wildman–Crippen LogP) is 1.62. The van der Waals surface area contributed by atoms with Gasteiger partial charge >= 0.3 is 0 Å².